The molecule has 0 aromatic carbocycles. The number of fused-ring (bicyclic) bond motifs is 1. The molecular weight excluding hydrogens is 252 g/mol. The zero-order valence-corrected chi connectivity index (χ0v) is 13.0. The van der Waals surface area contributed by atoms with Crippen LogP contribution in [0.1, 0.15) is 47.5 Å². The predicted octanol–water partition coefficient (Wildman–Crippen LogP) is 3.14. The molecule has 3 rings (SSSR count). The third kappa shape index (κ3) is 1.36. The Bertz CT molecular complexity index is 516. The van der Waals surface area contributed by atoms with E-state index in [0.717, 1.165) is 18.4 Å². The highest BCUT2D eigenvalue weighted by molar-refractivity contribution is 5.96. The first-order valence-corrected chi connectivity index (χ1v) is 7.63. The smallest absolute Gasteiger partial charge is 0.303 e. The molecule has 0 radical (unpaired) electrons. The molecule has 0 unspecified atom stereocenters. The van der Waals surface area contributed by atoms with Crippen LogP contribution in [0.2, 0.25) is 0 Å². The Kier molecular flexibility index (Phi) is 2.74. The third-order valence-electron chi connectivity index (χ3n) is 6.24. The molecule has 2 fully saturated rings. The van der Waals surface area contributed by atoms with Gasteiger partial charge in [-0.2, -0.15) is 0 Å². The fourth-order valence-electron chi connectivity index (χ4n) is 5.62. The van der Waals surface area contributed by atoms with Crippen LogP contribution in [-0.2, 0) is 14.3 Å². The number of rotatable bonds is 1. The molecule has 3 nitrogen and oxygen atoms in total. The second-order valence-corrected chi connectivity index (χ2v) is 7.52. The van der Waals surface area contributed by atoms with Crippen LogP contribution >= 0.6 is 0 Å². The lowest BCUT2D eigenvalue weighted by Gasteiger charge is -2.40. The number of hydrogen-bond donors (Lipinski definition) is 0. The maximum Gasteiger partial charge on any atom is 0.303 e. The van der Waals surface area contributed by atoms with Crippen LogP contribution in [0.5, 0.6) is 0 Å². The van der Waals surface area contributed by atoms with Crippen molar-refractivity contribution < 1.29 is 14.3 Å². The van der Waals surface area contributed by atoms with Crippen molar-refractivity contribution in [1.29, 1.82) is 0 Å². The number of hydrogen-bond acceptors (Lipinski definition) is 3. The van der Waals surface area contributed by atoms with E-state index in [-0.39, 0.29) is 29.3 Å². The van der Waals surface area contributed by atoms with Crippen molar-refractivity contribution in [3.8, 4) is 0 Å². The van der Waals surface area contributed by atoms with Gasteiger partial charge in [0.25, 0.3) is 0 Å². The minimum Gasteiger partial charge on any atom is -0.457 e. The van der Waals surface area contributed by atoms with Crippen LogP contribution < -0.4 is 0 Å². The molecule has 0 aliphatic heterocycles. The second kappa shape index (κ2) is 3.96. The van der Waals surface area contributed by atoms with Crippen molar-refractivity contribution in [1.82, 2.24) is 0 Å². The number of ketones is 1. The van der Waals surface area contributed by atoms with E-state index in [1.807, 2.05) is 6.92 Å². The Morgan fingerprint density at radius 3 is 2.60 bits per heavy atom. The Morgan fingerprint density at radius 2 is 2.00 bits per heavy atom. The van der Waals surface area contributed by atoms with E-state index < -0.39 is 5.41 Å². The van der Waals surface area contributed by atoms with Gasteiger partial charge in [0.15, 0.2) is 5.78 Å². The summed E-state index contributed by atoms with van der Waals surface area (Å²) < 4.78 is 5.59. The number of carbonyl (C=O) groups is 2. The summed E-state index contributed by atoms with van der Waals surface area (Å²) in [6.07, 6.45) is 3.80. The predicted molar refractivity (Wildman–Crippen MR) is 75.9 cm³/mol. The Labute approximate surface area is 120 Å². The molecule has 20 heavy (non-hydrogen) atoms. The van der Waals surface area contributed by atoms with Crippen LogP contribution in [0.4, 0.5) is 0 Å². The largest absolute Gasteiger partial charge is 0.457 e. The highest BCUT2D eigenvalue weighted by atomic mass is 16.5. The number of esters is 1. The highest BCUT2D eigenvalue weighted by Crippen LogP contribution is 2.69. The average Bonchev–Trinajstić information content (AvgIpc) is 2.70. The van der Waals surface area contributed by atoms with Gasteiger partial charge in [-0.3, -0.25) is 9.59 Å². The summed E-state index contributed by atoms with van der Waals surface area (Å²) in [5.41, 5.74) is 0.579. The Morgan fingerprint density at radius 1 is 1.35 bits per heavy atom. The van der Waals surface area contributed by atoms with Crippen LogP contribution in [0.15, 0.2) is 11.6 Å². The molecule has 3 aliphatic carbocycles. The van der Waals surface area contributed by atoms with Crippen molar-refractivity contribution in [2.24, 2.45) is 28.6 Å². The van der Waals surface area contributed by atoms with Crippen molar-refractivity contribution >= 4 is 11.8 Å². The van der Waals surface area contributed by atoms with Crippen molar-refractivity contribution in [2.45, 2.75) is 53.6 Å². The fraction of sp³-hybridized carbons (Fsp3) is 0.765. The quantitative estimate of drug-likeness (QED) is 0.546. The van der Waals surface area contributed by atoms with Crippen LogP contribution in [0.3, 0.4) is 0 Å². The van der Waals surface area contributed by atoms with E-state index >= 15 is 0 Å². The highest BCUT2D eigenvalue weighted by Gasteiger charge is 2.72. The Hall–Kier alpha value is -1.12. The lowest BCUT2D eigenvalue weighted by molar-refractivity contribution is -0.158. The summed E-state index contributed by atoms with van der Waals surface area (Å²) in [6, 6.07) is 0. The van der Waals surface area contributed by atoms with E-state index in [9.17, 15) is 9.59 Å². The van der Waals surface area contributed by atoms with Gasteiger partial charge in [0.2, 0.25) is 0 Å². The number of ether oxygens (including phenoxy) is 1. The maximum absolute atomic E-state index is 13.2. The fourth-order valence-corrected chi connectivity index (χ4v) is 5.62. The van der Waals surface area contributed by atoms with Crippen LogP contribution in [0, 0.1) is 28.6 Å². The topological polar surface area (TPSA) is 43.4 Å². The number of Topliss-reactive ketones (excluding diaryl/α,β-unsaturated/α-hetero) is 1. The van der Waals surface area contributed by atoms with Gasteiger partial charge < -0.3 is 4.74 Å². The van der Waals surface area contributed by atoms with Gasteiger partial charge in [-0.25, -0.2) is 0 Å². The van der Waals surface area contributed by atoms with E-state index in [2.05, 4.69) is 26.8 Å². The van der Waals surface area contributed by atoms with Crippen molar-refractivity contribution in [3.63, 3.8) is 0 Å². The standard InChI is InChI=1S/C17H24O3/c1-9-8-13(20-11(3)18)17-10(2)6-7-12(17)16(4,5)14(9)15(17)19/h8,10,12-14H,6-7H2,1-5H3/t10-,12+,13-,14-,17+/m1/s1. The lowest BCUT2D eigenvalue weighted by atomic mass is 9.65. The van der Waals surface area contributed by atoms with Crippen molar-refractivity contribution in [2.75, 3.05) is 0 Å². The summed E-state index contributed by atoms with van der Waals surface area (Å²) in [4.78, 5) is 24.7. The van der Waals surface area contributed by atoms with Crippen LogP contribution in [0.25, 0.3) is 0 Å². The molecule has 2 saturated carbocycles. The molecule has 0 saturated heterocycles. The summed E-state index contributed by atoms with van der Waals surface area (Å²) in [7, 11) is 0. The van der Waals surface area contributed by atoms with Gasteiger partial charge in [-0.15, -0.1) is 0 Å². The number of allylic oxidation sites excluding steroid dienone is 1. The zero-order chi connectivity index (χ0) is 14.9. The molecule has 3 heteroatoms. The van der Waals surface area contributed by atoms with Crippen molar-refractivity contribution in [3.05, 3.63) is 11.6 Å². The normalized spacial score (nSPS) is 45.0. The van der Waals surface area contributed by atoms with Crippen LogP contribution in [-0.4, -0.2) is 17.9 Å². The minimum atomic E-state index is -0.473. The lowest BCUT2D eigenvalue weighted by Crippen LogP contribution is -2.49. The molecule has 1 spiro atoms. The van der Waals surface area contributed by atoms with Gasteiger partial charge in [0.1, 0.15) is 6.10 Å². The van der Waals surface area contributed by atoms with E-state index in [0.29, 0.717) is 11.7 Å². The zero-order valence-electron chi connectivity index (χ0n) is 13.0. The maximum atomic E-state index is 13.2. The molecule has 2 bridgehead atoms. The first-order valence-electron chi connectivity index (χ1n) is 7.63. The second-order valence-electron chi connectivity index (χ2n) is 7.52. The van der Waals surface area contributed by atoms with Gasteiger partial charge in [0.05, 0.1) is 5.41 Å². The molecule has 3 aliphatic rings. The monoisotopic (exact) mass is 276 g/mol. The molecule has 0 N–H and O–H groups in total. The molecule has 0 heterocycles. The molecule has 0 aromatic heterocycles. The molecule has 5 atom stereocenters. The molecule has 110 valence electrons. The summed E-state index contributed by atoms with van der Waals surface area (Å²) >= 11 is 0. The summed E-state index contributed by atoms with van der Waals surface area (Å²) in [6.45, 7) is 10.0. The molecule has 0 amide bonds. The molecule has 0 aromatic rings. The minimum absolute atomic E-state index is 0.00191. The van der Waals surface area contributed by atoms with Gasteiger partial charge >= 0.3 is 5.97 Å². The Balaban J connectivity index is 2.19. The van der Waals surface area contributed by atoms with Gasteiger partial charge in [-0.05, 0) is 43.1 Å². The average molecular weight is 276 g/mol. The first kappa shape index (κ1) is 13.8. The third-order valence-corrected chi connectivity index (χ3v) is 6.24. The van der Waals surface area contributed by atoms with E-state index in [4.69, 9.17) is 4.74 Å². The van der Waals surface area contributed by atoms with Gasteiger partial charge in [0, 0.05) is 12.8 Å². The van der Waals surface area contributed by atoms with E-state index in [1.54, 1.807) is 0 Å². The summed E-state index contributed by atoms with van der Waals surface area (Å²) in [5, 5.41) is 0. The summed E-state index contributed by atoms with van der Waals surface area (Å²) in [5.74, 6) is 0.645. The van der Waals surface area contributed by atoms with Gasteiger partial charge in [-0.1, -0.05) is 26.3 Å². The van der Waals surface area contributed by atoms with E-state index in [1.165, 1.54) is 6.92 Å². The molecular formula is C17H24O3. The first-order chi connectivity index (χ1) is 9.23. The number of carbonyl (C=O) groups excluding carboxylic acids is 2. The SMILES string of the molecule is CC(=O)O[C@@H]1C=C(C)[C@@H]2C(=O)[C@]13[C@H](C)CC[C@H]3C2(C)C.